The van der Waals surface area contributed by atoms with Gasteiger partial charge in [-0.15, -0.1) is 0 Å². The first-order chi connectivity index (χ1) is 9.52. The summed E-state index contributed by atoms with van der Waals surface area (Å²) in [6, 6.07) is 0.600. The summed E-state index contributed by atoms with van der Waals surface area (Å²) in [5, 5.41) is 3.55. The van der Waals surface area contributed by atoms with Crippen molar-refractivity contribution in [1.82, 2.24) is 10.2 Å². The number of rotatable bonds is 13. The van der Waals surface area contributed by atoms with Crippen molar-refractivity contribution in [2.45, 2.75) is 96.6 Å². The maximum atomic E-state index is 3.55. The molecular formula is C18H40N2. The van der Waals surface area contributed by atoms with E-state index in [0.29, 0.717) is 6.04 Å². The lowest BCUT2D eigenvalue weighted by Gasteiger charge is -2.42. The lowest BCUT2D eigenvalue weighted by Crippen LogP contribution is -2.55. The van der Waals surface area contributed by atoms with Crippen LogP contribution < -0.4 is 5.32 Å². The highest BCUT2D eigenvalue weighted by Crippen LogP contribution is 2.24. The van der Waals surface area contributed by atoms with Gasteiger partial charge in [-0.25, -0.2) is 0 Å². The predicted octanol–water partition coefficient (Wildman–Crippen LogP) is 4.84. The van der Waals surface area contributed by atoms with Gasteiger partial charge in [0.15, 0.2) is 0 Å². The van der Waals surface area contributed by atoms with E-state index in [9.17, 15) is 0 Å². The van der Waals surface area contributed by atoms with E-state index in [-0.39, 0.29) is 5.54 Å². The van der Waals surface area contributed by atoms with E-state index in [1.54, 1.807) is 0 Å². The van der Waals surface area contributed by atoms with Crippen molar-refractivity contribution in [3.63, 3.8) is 0 Å². The summed E-state index contributed by atoms with van der Waals surface area (Å²) in [7, 11) is 6.54. The summed E-state index contributed by atoms with van der Waals surface area (Å²) in [5.74, 6) is 0. The molecule has 2 nitrogen and oxygen atoms in total. The molecule has 0 aromatic rings. The highest BCUT2D eigenvalue weighted by atomic mass is 15.2. The third kappa shape index (κ3) is 7.08. The van der Waals surface area contributed by atoms with Crippen LogP contribution in [-0.4, -0.2) is 37.6 Å². The van der Waals surface area contributed by atoms with Gasteiger partial charge in [0, 0.05) is 11.6 Å². The zero-order valence-corrected chi connectivity index (χ0v) is 15.1. The third-order valence-electron chi connectivity index (χ3n) is 5.18. The largest absolute Gasteiger partial charge is 0.315 e. The number of hydrogen-bond donors (Lipinski definition) is 1. The van der Waals surface area contributed by atoms with Crippen LogP contribution in [0.5, 0.6) is 0 Å². The van der Waals surface area contributed by atoms with Crippen molar-refractivity contribution in [3.05, 3.63) is 0 Å². The molecule has 0 saturated carbocycles. The van der Waals surface area contributed by atoms with E-state index in [1.807, 2.05) is 0 Å². The zero-order valence-electron chi connectivity index (χ0n) is 15.1. The number of nitrogens with one attached hydrogen (secondary N) is 1. The smallest absolute Gasteiger partial charge is 0.0325 e. The SMILES string of the molecule is CCCCCCCCCCC(NC)C(C)(CC)N(C)C. The predicted molar refractivity (Wildman–Crippen MR) is 92.5 cm³/mol. The minimum Gasteiger partial charge on any atom is -0.315 e. The lowest BCUT2D eigenvalue weighted by atomic mass is 9.84. The summed E-state index contributed by atoms with van der Waals surface area (Å²) in [5.41, 5.74) is 0.274. The van der Waals surface area contributed by atoms with Crippen LogP contribution >= 0.6 is 0 Å². The molecule has 0 aliphatic carbocycles. The molecule has 2 atom stereocenters. The van der Waals surface area contributed by atoms with Crippen LogP contribution in [0.1, 0.15) is 85.0 Å². The second kappa shape index (κ2) is 11.6. The molecular weight excluding hydrogens is 244 g/mol. The topological polar surface area (TPSA) is 15.3 Å². The molecule has 0 radical (unpaired) electrons. The van der Waals surface area contributed by atoms with Gasteiger partial charge in [-0.3, -0.25) is 0 Å². The molecule has 20 heavy (non-hydrogen) atoms. The van der Waals surface area contributed by atoms with Crippen molar-refractivity contribution in [1.29, 1.82) is 0 Å². The van der Waals surface area contributed by atoms with Crippen LogP contribution in [0.25, 0.3) is 0 Å². The minimum absolute atomic E-state index is 0.274. The van der Waals surface area contributed by atoms with Crippen LogP contribution in [0.15, 0.2) is 0 Å². The average Bonchev–Trinajstić information content (AvgIpc) is 2.44. The van der Waals surface area contributed by atoms with Crippen LogP contribution in [0.3, 0.4) is 0 Å². The standard InChI is InChI=1S/C18H40N2/c1-7-9-10-11-12-13-14-15-16-17(19-4)18(3,8-2)20(5)6/h17,19H,7-16H2,1-6H3. The Bertz CT molecular complexity index is 215. The molecule has 0 fully saturated rings. The Balaban J connectivity index is 3.85. The van der Waals surface area contributed by atoms with E-state index in [2.05, 4.69) is 52.1 Å². The normalized spacial score (nSPS) is 16.4. The summed E-state index contributed by atoms with van der Waals surface area (Å²) in [6.07, 6.45) is 13.8. The second-order valence-corrected chi connectivity index (χ2v) is 6.71. The number of unbranched alkanes of at least 4 members (excludes halogenated alkanes) is 7. The summed E-state index contributed by atoms with van der Waals surface area (Å²) in [4.78, 5) is 2.39. The maximum Gasteiger partial charge on any atom is 0.0325 e. The third-order valence-corrected chi connectivity index (χ3v) is 5.18. The Kier molecular flexibility index (Phi) is 11.5. The molecule has 0 aliphatic rings. The van der Waals surface area contributed by atoms with E-state index >= 15 is 0 Å². The van der Waals surface area contributed by atoms with Gasteiger partial charge in [0.05, 0.1) is 0 Å². The van der Waals surface area contributed by atoms with Crippen LogP contribution in [-0.2, 0) is 0 Å². The second-order valence-electron chi connectivity index (χ2n) is 6.71. The molecule has 0 amide bonds. The summed E-state index contributed by atoms with van der Waals surface area (Å²) in [6.45, 7) is 6.98. The van der Waals surface area contributed by atoms with Gasteiger partial charge in [0.25, 0.3) is 0 Å². The van der Waals surface area contributed by atoms with Crippen LogP contribution in [0.2, 0.25) is 0 Å². The molecule has 0 heterocycles. The number of nitrogens with zero attached hydrogens (tertiary/aromatic N) is 1. The monoisotopic (exact) mass is 284 g/mol. The van der Waals surface area contributed by atoms with E-state index in [4.69, 9.17) is 0 Å². The van der Waals surface area contributed by atoms with Crippen molar-refractivity contribution in [2.75, 3.05) is 21.1 Å². The molecule has 0 rings (SSSR count). The Labute approximate surface area is 128 Å². The van der Waals surface area contributed by atoms with Gasteiger partial charge in [0.2, 0.25) is 0 Å². The van der Waals surface area contributed by atoms with Gasteiger partial charge in [-0.05, 0) is 40.9 Å². The average molecular weight is 285 g/mol. The molecule has 0 bridgehead atoms. The van der Waals surface area contributed by atoms with Gasteiger partial charge in [-0.1, -0.05) is 65.2 Å². The fourth-order valence-electron chi connectivity index (χ4n) is 3.12. The maximum absolute atomic E-state index is 3.55. The first kappa shape index (κ1) is 19.9. The quantitative estimate of drug-likeness (QED) is 0.487. The van der Waals surface area contributed by atoms with Crippen molar-refractivity contribution < 1.29 is 0 Å². The Morgan fingerprint density at radius 3 is 1.80 bits per heavy atom. The van der Waals surface area contributed by atoms with E-state index in [0.717, 1.165) is 0 Å². The molecule has 2 unspecified atom stereocenters. The minimum atomic E-state index is 0.274. The summed E-state index contributed by atoms with van der Waals surface area (Å²) >= 11 is 0. The van der Waals surface area contributed by atoms with Crippen molar-refractivity contribution in [3.8, 4) is 0 Å². The van der Waals surface area contributed by atoms with Crippen LogP contribution in [0, 0.1) is 0 Å². The Hall–Kier alpha value is -0.0800. The molecule has 2 heteroatoms. The Morgan fingerprint density at radius 1 is 0.900 bits per heavy atom. The van der Waals surface area contributed by atoms with Crippen molar-refractivity contribution >= 4 is 0 Å². The first-order valence-electron chi connectivity index (χ1n) is 8.87. The van der Waals surface area contributed by atoms with Crippen LogP contribution in [0.4, 0.5) is 0 Å². The Morgan fingerprint density at radius 2 is 1.40 bits per heavy atom. The van der Waals surface area contributed by atoms with Gasteiger partial charge in [0.1, 0.15) is 0 Å². The van der Waals surface area contributed by atoms with E-state index < -0.39 is 0 Å². The van der Waals surface area contributed by atoms with Gasteiger partial charge >= 0.3 is 0 Å². The van der Waals surface area contributed by atoms with Gasteiger partial charge < -0.3 is 10.2 Å². The fourth-order valence-corrected chi connectivity index (χ4v) is 3.12. The molecule has 122 valence electrons. The molecule has 0 spiro atoms. The molecule has 0 aromatic heterocycles. The summed E-state index contributed by atoms with van der Waals surface area (Å²) < 4.78 is 0. The number of hydrogen-bond acceptors (Lipinski definition) is 2. The molecule has 0 saturated heterocycles. The van der Waals surface area contributed by atoms with Crippen molar-refractivity contribution in [2.24, 2.45) is 0 Å². The lowest BCUT2D eigenvalue weighted by molar-refractivity contribution is 0.110. The fraction of sp³-hybridized carbons (Fsp3) is 1.00. The number of likely N-dealkylation sites (N-methyl/N-ethyl adjacent to an activating group) is 2. The first-order valence-corrected chi connectivity index (χ1v) is 8.87. The molecule has 0 aromatic carbocycles. The highest BCUT2D eigenvalue weighted by molar-refractivity contribution is 4.93. The highest BCUT2D eigenvalue weighted by Gasteiger charge is 2.32. The molecule has 1 N–H and O–H groups in total. The van der Waals surface area contributed by atoms with E-state index in [1.165, 1.54) is 64.2 Å². The van der Waals surface area contributed by atoms with Gasteiger partial charge in [-0.2, -0.15) is 0 Å². The zero-order chi connectivity index (χ0) is 15.4. The molecule has 0 aliphatic heterocycles.